The topological polar surface area (TPSA) is 79.2 Å². The molecule has 0 atom stereocenters. The minimum Gasteiger partial charge on any atom is -0.358 e. The number of fused-ring (bicyclic) bond motifs is 1. The lowest BCUT2D eigenvalue weighted by atomic mass is 10.1. The first-order chi connectivity index (χ1) is 10.4. The summed E-state index contributed by atoms with van der Waals surface area (Å²) in [6.45, 7) is 1.90. The SMILES string of the molecule is Cc1ccc(N(N)S(=O)(=O)c2ccccc2)c2[nH]cc(Cl)c12. The maximum Gasteiger partial charge on any atom is 0.277 e. The van der Waals surface area contributed by atoms with Gasteiger partial charge < -0.3 is 4.98 Å². The van der Waals surface area contributed by atoms with E-state index in [1.54, 1.807) is 36.5 Å². The number of benzene rings is 2. The van der Waals surface area contributed by atoms with Crippen molar-refractivity contribution < 1.29 is 8.42 Å². The Morgan fingerprint density at radius 1 is 1.14 bits per heavy atom. The number of aromatic amines is 1. The zero-order valence-corrected chi connectivity index (χ0v) is 13.3. The summed E-state index contributed by atoms with van der Waals surface area (Å²) in [5, 5.41) is 1.29. The molecule has 5 nitrogen and oxygen atoms in total. The third-order valence-corrected chi connectivity index (χ3v) is 5.39. The third-order valence-electron chi connectivity index (χ3n) is 3.51. The molecule has 0 saturated heterocycles. The quantitative estimate of drug-likeness (QED) is 0.570. The van der Waals surface area contributed by atoms with E-state index < -0.39 is 10.0 Å². The lowest BCUT2D eigenvalue weighted by Gasteiger charge is -2.20. The number of sulfonamides is 1. The molecule has 3 aromatic rings. The molecule has 3 N–H and O–H groups in total. The van der Waals surface area contributed by atoms with Crippen molar-refractivity contribution in [3.8, 4) is 0 Å². The van der Waals surface area contributed by atoms with Gasteiger partial charge in [0.05, 0.1) is 21.1 Å². The summed E-state index contributed by atoms with van der Waals surface area (Å²) in [4.78, 5) is 3.11. The standard InChI is InChI=1S/C15H14ClN3O2S/c1-10-7-8-13(15-14(10)12(16)9-18-15)19(17)22(20,21)11-5-3-2-4-6-11/h2-9,18H,17H2,1H3. The normalized spacial score (nSPS) is 11.8. The van der Waals surface area contributed by atoms with Gasteiger partial charge in [-0.1, -0.05) is 35.9 Å². The van der Waals surface area contributed by atoms with Crippen molar-refractivity contribution in [3.05, 3.63) is 59.2 Å². The Morgan fingerprint density at radius 3 is 2.50 bits per heavy atom. The van der Waals surface area contributed by atoms with Gasteiger partial charge in [0.1, 0.15) is 0 Å². The Hall–Kier alpha value is -2.02. The fourth-order valence-corrected chi connectivity index (χ4v) is 3.81. The highest BCUT2D eigenvalue weighted by Gasteiger charge is 2.24. The molecule has 0 aliphatic carbocycles. The third kappa shape index (κ3) is 2.25. The Kier molecular flexibility index (Phi) is 3.60. The van der Waals surface area contributed by atoms with Crippen molar-refractivity contribution in [2.45, 2.75) is 11.8 Å². The van der Waals surface area contributed by atoms with Gasteiger partial charge in [-0.2, -0.15) is 12.8 Å². The summed E-state index contributed by atoms with van der Waals surface area (Å²) in [6.07, 6.45) is 1.62. The summed E-state index contributed by atoms with van der Waals surface area (Å²) in [7, 11) is -3.84. The number of aryl methyl sites for hydroxylation is 1. The van der Waals surface area contributed by atoms with E-state index in [0.717, 1.165) is 15.4 Å². The van der Waals surface area contributed by atoms with Crippen LogP contribution in [0.1, 0.15) is 5.56 Å². The predicted octanol–water partition coefficient (Wildman–Crippen LogP) is 3.20. The molecular formula is C15H14ClN3O2S. The maximum absolute atomic E-state index is 12.6. The minimum atomic E-state index is -3.84. The molecule has 0 unspecified atom stereocenters. The minimum absolute atomic E-state index is 0.129. The van der Waals surface area contributed by atoms with E-state index >= 15 is 0 Å². The van der Waals surface area contributed by atoms with Gasteiger partial charge in [0, 0.05) is 11.6 Å². The number of hydrogen-bond acceptors (Lipinski definition) is 3. The van der Waals surface area contributed by atoms with Crippen LogP contribution in [0.3, 0.4) is 0 Å². The van der Waals surface area contributed by atoms with Crippen LogP contribution in [0.25, 0.3) is 10.9 Å². The molecule has 22 heavy (non-hydrogen) atoms. The number of rotatable bonds is 3. The number of nitrogens with two attached hydrogens (primary N) is 1. The van der Waals surface area contributed by atoms with Gasteiger partial charge >= 0.3 is 0 Å². The Bertz CT molecular complexity index is 936. The molecule has 0 amide bonds. The molecule has 0 radical (unpaired) electrons. The van der Waals surface area contributed by atoms with E-state index in [4.69, 9.17) is 17.4 Å². The number of aromatic nitrogens is 1. The fourth-order valence-electron chi connectivity index (χ4n) is 2.38. The largest absolute Gasteiger partial charge is 0.358 e. The van der Waals surface area contributed by atoms with Gasteiger partial charge in [0.25, 0.3) is 10.0 Å². The summed E-state index contributed by atoms with van der Waals surface area (Å²) in [6, 6.07) is 11.5. The molecule has 0 saturated carbocycles. The highest BCUT2D eigenvalue weighted by molar-refractivity contribution is 7.92. The average molecular weight is 336 g/mol. The number of hydrazine groups is 1. The van der Waals surface area contributed by atoms with Crippen molar-refractivity contribution in [1.29, 1.82) is 0 Å². The second-order valence-corrected chi connectivity index (χ2v) is 7.12. The molecule has 7 heteroatoms. The van der Waals surface area contributed by atoms with E-state index in [9.17, 15) is 8.42 Å². The van der Waals surface area contributed by atoms with E-state index in [1.165, 1.54) is 12.1 Å². The first kappa shape index (κ1) is 14.9. The van der Waals surface area contributed by atoms with Crippen molar-refractivity contribution >= 4 is 38.2 Å². The van der Waals surface area contributed by atoms with Crippen LogP contribution in [0.2, 0.25) is 5.02 Å². The Labute approximate surface area is 133 Å². The number of H-pyrrole nitrogens is 1. The number of nitrogens with zero attached hydrogens (tertiary/aromatic N) is 1. The highest BCUT2D eigenvalue weighted by Crippen LogP contribution is 2.34. The van der Waals surface area contributed by atoms with Crippen LogP contribution in [-0.4, -0.2) is 13.4 Å². The first-order valence-corrected chi connectivity index (χ1v) is 8.36. The van der Waals surface area contributed by atoms with Crippen molar-refractivity contribution in [3.63, 3.8) is 0 Å². The molecule has 114 valence electrons. The zero-order valence-electron chi connectivity index (χ0n) is 11.7. The molecule has 0 fully saturated rings. The first-order valence-electron chi connectivity index (χ1n) is 6.54. The zero-order chi connectivity index (χ0) is 15.9. The summed E-state index contributed by atoms with van der Waals surface area (Å²) in [5.74, 6) is 5.91. The predicted molar refractivity (Wildman–Crippen MR) is 88.3 cm³/mol. The van der Waals surface area contributed by atoms with Crippen molar-refractivity contribution in [2.75, 3.05) is 4.41 Å². The maximum atomic E-state index is 12.6. The van der Waals surface area contributed by atoms with E-state index in [2.05, 4.69) is 4.98 Å². The van der Waals surface area contributed by atoms with Gasteiger partial charge in [-0.3, -0.25) is 0 Å². The molecule has 1 heterocycles. The number of anilines is 1. The van der Waals surface area contributed by atoms with Gasteiger partial charge in [-0.15, -0.1) is 0 Å². The lowest BCUT2D eigenvalue weighted by Crippen LogP contribution is -2.37. The van der Waals surface area contributed by atoms with Gasteiger partial charge in [-0.05, 0) is 30.7 Å². The van der Waals surface area contributed by atoms with Gasteiger partial charge in [0.2, 0.25) is 0 Å². The van der Waals surface area contributed by atoms with Crippen LogP contribution in [0.15, 0.2) is 53.6 Å². The Morgan fingerprint density at radius 2 is 1.82 bits per heavy atom. The molecule has 0 spiro atoms. The molecule has 0 bridgehead atoms. The number of nitrogens with one attached hydrogen (secondary N) is 1. The molecule has 2 aromatic carbocycles. The highest BCUT2D eigenvalue weighted by atomic mass is 35.5. The summed E-state index contributed by atoms with van der Waals surface area (Å²) >= 11 is 6.15. The lowest BCUT2D eigenvalue weighted by molar-refractivity contribution is 0.592. The molecule has 0 aliphatic rings. The van der Waals surface area contributed by atoms with Crippen LogP contribution in [0.5, 0.6) is 0 Å². The monoisotopic (exact) mass is 335 g/mol. The van der Waals surface area contributed by atoms with E-state index in [0.29, 0.717) is 16.2 Å². The van der Waals surface area contributed by atoms with Crippen LogP contribution in [-0.2, 0) is 10.0 Å². The molecular weight excluding hydrogens is 322 g/mol. The van der Waals surface area contributed by atoms with Crippen LogP contribution in [0, 0.1) is 6.92 Å². The van der Waals surface area contributed by atoms with Crippen molar-refractivity contribution in [2.24, 2.45) is 5.84 Å². The van der Waals surface area contributed by atoms with Gasteiger partial charge in [-0.25, -0.2) is 5.84 Å². The second kappa shape index (κ2) is 5.31. The van der Waals surface area contributed by atoms with E-state index in [1.807, 2.05) is 6.92 Å². The Balaban J connectivity index is 2.18. The molecule has 1 aromatic heterocycles. The summed E-state index contributed by atoms with van der Waals surface area (Å²) < 4.78 is 26.0. The summed E-state index contributed by atoms with van der Waals surface area (Å²) in [5.41, 5.74) is 1.87. The van der Waals surface area contributed by atoms with Crippen LogP contribution >= 0.6 is 11.6 Å². The van der Waals surface area contributed by atoms with Crippen LogP contribution < -0.4 is 10.3 Å². The van der Waals surface area contributed by atoms with E-state index in [-0.39, 0.29) is 4.90 Å². The number of halogens is 1. The average Bonchev–Trinajstić information content (AvgIpc) is 2.91. The molecule has 3 rings (SSSR count). The van der Waals surface area contributed by atoms with Crippen LogP contribution in [0.4, 0.5) is 5.69 Å². The molecule has 0 aliphatic heterocycles. The van der Waals surface area contributed by atoms with Crippen molar-refractivity contribution in [1.82, 2.24) is 4.98 Å². The second-order valence-electron chi connectivity index (χ2n) is 4.90. The van der Waals surface area contributed by atoms with Gasteiger partial charge in [0.15, 0.2) is 0 Å². The number of hydrogen-bond donors (Lipinski definition) is 2. The fraction of sp³-hybridized carbons (Fsp3) is 0.0667. The smallest absolute Gasteiger partial charge is 0.277 e.